The average Bonchev–Trinajstić information content (AvgIpc) is 3.41. The summed E-state index contributed by atoms with van der Waals surface area (Å²) in [6.07, 6.45) is 61.1. The van der Waals surface area contributed by atoms with Crippen molar-refractivity contribution in [2.45, 2.75) is 350 Å². The van der Waals surface area contributed by atoms with Crippen LogP contribution in [0.15, 0.2) is 18.2 Å². The van der Waals surface area contributed by atoms with E-state index in [-0.39, 0.29) is 17.4 Å². The number of carbonyl (C=O) groups is 3. The molecule has 438 valence electrons. The van der Waals surface area contributed by atoms with Gasteiger partial charge in [-0.1, -0.05) is 311 Å². The summed E-state index contributed by atoms with van der Waals surface area (Å²) in [5.74, 6) is 0.469. The lowest BCUT2D eigenvalue weighted by Gasteiger charge is -2.32. The predicted octanol–water partition coefficient (Wildman–Crippen LogP) is 21.7. The van der Waals surface area contributed by atoms with Crippen LogP contribution < -0.4 is 11.1 Å². The average molecular weight is 1050 g/mol. The molecule has 0 aliphatic rings. The summed E-state index contributed by atoms with van der Waals surface area (Å²) < 4.78 is 0. The number of nitrogens with two attached hydrogens (primary N) is 1. The Bertz CT molecular complexity index is 1400. The number of carbonyl (C=O) groups excluding carboxylic acids is 3. The molecule has 0 aliphatic heterocycles. The van der Waals surface area contributed by atoms with Gasteiger partial charge in [-0.3, -0.25) is 14.4 Å². The molecule has 0 fully saturated rings. The molecule has 0 saturated carbocycles. The fraction of sp³-hybridized carbons (Fsp3) is 0.870. The van der Waals surface area contributed by atoms with Crippen LogP contribution in [0.4, 0.5) is 0 Å². The molecule has 0 bridgehead atoms. The Morgan fingerprint density at radius 3 is 0.867 bits per heavy atom. The zero-order valence-corrected chi connectivity index (χ0v) is 51.3. The van der Waals surface area contributed by atoms with E-state index < -0.39 is 5.91 Å². The van der Waals surface area contributed by atoms with Gasteiger partial charge >= 0.3 is 0 Å². The molecule has 3 atom stereocenters. The van der Waals surface area contributed by atoms with E-state index in [1.165, 1.54) is 270 Å². The SMILES string of the molecule is CCCCCCCCCCC(CCCCCCCC)CNC(=O)c1cc(C(N)=O)cc(C(=O)N(CC(CCCCCCCC)CCCCCCCCCC)CC(CCCCCCCC)CCCCCCCCCC)c1. The molecule has 3 amide bonds. The van der Waals surface area contributed by atoms with Crippen molar-refractivity contribution < 1.29 is 14.4 Å². The van der Waals surface area contributed by atoms with Crippen LogP contribution in [0, 0.1) is 17.8 Å². The Morgan fingerprint density at radius 2 is 0.587 bits per heavy atom. The number of hydrogen-bond donors (Lipinski definition) is 2. The molecule has 1 aromatic carbocycles. The Morgan fingerprint density at radius 1 is 0.347 bits per heavy atom. The summed E-state index contributed by atoms with van der Waals surface area (Å²) in [6.45, 7) is 15.8. The van der Waals surface area contributed by atoms with Crippen LogP contribution in [0.3, 0.4) is 0 Å². The highest BCUT2D eigenvalue weighted by Crippen LogP contribution is 2.27. The van der Waals surface area contributed by atoms with Gasteiger partial charge in [-0.05, 0) is 74.5 Å². The van der Waals surface area contributed by atoms with Crippen molar-refractivity contribution >= 4 is 17.7 Å². The second-order valence-electron chi connectivity index (χ2n) is 24.1. The lowest BCUT2D eigenvalue weighted by atomic mass is 9.90. The van der Waals surface area contributed by atoms with Crippen molar-refractivity contribution in [1.82, 2.24) is 10.2 Å². The van der Waals surface area contributed by atoms with Gasteiger partial charge in [0.2, 0.25) is 5.91 Å². The number of unbranched alkanes of at least 4 members (excludes halogenated alkanes) is 36. The van der Waals surface area contributed by atoms with Crippen LogP contribution >= 0.6 is 0 Å². The van der Waals surface area contributed by atoms with Crippen LogP contribution in [0.25, 0.3) is 0 Å². The van der Waals surface area contributed by atoms with E-state index in [2.05, 4.69) is 51.8 Å². The molecule has 6 heteroatoms. The molecule has 0 spiro atoms. The molecule has 0 radical (unpaired) electrons. The monoisotopic (exact) mass is 1050 g/mol. The van der Waals surface area contributed by atoms with Gasteiger partial charge in [0.15, 0.2) is 0 Å². The number of nitrogens with zero attached hydrogens (tertiary/aromatic N) is 1. The predicted molar refractivity (Wildman–Crippen MR) is 329 cm³/mol. The van der Waals surface area contributed by atoms with Gasteiger partial charge < -0.3 is 16.0 Å². The van der Waals surface area contributed by atoms with Crippen LogP contribution in [0.2, 0.25) is 0 Å². The Balaban J connectivity index is 3.54. The summed E-state index contributed by atoms with van der Waals surface area (Å²) in [5.41, 5.74) is 7.12. The van der Waals surface area contributed by atoms with Crippen molar-refractivity contribution in [3.8, 4) is 0 Å². The highest BCUT2D eigenvalue weighted by Gasteiger charge is 2.26. The third kappa shape index (κ3) is 40.5. The lowest BCUT2D eigenvalue weighted by molar-refractivity contribution is 0.0678. The molecule has 0 aromatic heterocycles. The van der Waals surface area contributed by atoms with Crippen molar-refractivity contribution in [3.05, 3.63) is 34.9 Å². The fourth-order valence-corrected chi connectivity index (χ4v) is 11.8. The Hall–Kier alpha value is -2.37. The van der Waals surface area contributed by atoms with E-state index >= 15 is 4.79 Å². The first kappa shape index (κ1) is 70.6. The van der Waals surface area contributed by atoms with Crippen LogP contribution in [0.5, 0.6) is 0 Å². The number of benzene rings is 1. The zero-order valence-electron chi connectivity index (χ0n) is 51.3. The zero-order chi connectivity index (χ0) is 54.7. The van der Waals surface area contributed by atoms with E-state index in [9.17, 15) is 9.59 Å². The van der Waals surface area contributed by atoms with E-state index in [1.807, 2.05) is 0 Å². The van der Waals surface area contributed by atoms with Gasteiger partial charge in [-0.25, -0.2) is 0 Å². The van der Waals surface area contributed by atoms with Crippen molar-refractivity contribution in [2.24, 2.45) is 23.5 Å². The maximum Gasteiger partial charge on any atom is 0.253 e. The molecule has 3 N–H and O–H groups in total. The van der Waals surface area contributed by atoms with Gasteiger partial charge in [0.25, 0.3) is 11.8 Å². The Kier molecular flexibility index (Phi) is 49.3. The first-order chi connectivity index (χ1) is 36.7. The maximum atomic E-state index is 15.4. The quantitative estimate of drug-likeness (QED) is 0.0637. The molecule has 1 rings (SSSR count). The second kappa shape index (κ2) is 52.3. The highest BCUT2D eigenvalue weighted by atomic mass is 16.2. The normalized spacial score (nSPS) is 12.8. The molecular weight excluding hydrogens is 919 g/mol. The molecule has 6 nitrogen and oxygen atoms in total. The number of rotatable bonds is 57. The first-order valence-electron chi connectivity index (χ1n) is 33.8. The van der Waals surface area contributed by atoms with Gasteiger partial charge in [-0.2, -0.15) is 0 Å². The first-order valence-corrected chi connectivity index (χ1v) is 33.8. The number of hydrogen-bond acceptors (Lipinski definition) is 3. The summed E-state index contributed by atoms with van der Waals surface area (Å²) >= 11 is 0. The molecule has 1 aromatic rings. The maximum absolute atomic E-state index is 15.4. The molecule has 3 unspecified atom stereocenters. The minimum absolute atomic E-state index is 0.0319. The van der Waals surface area contributed by atoms with Gasteiger partial charge in [0, 0.05) is 36.3 Å². The van der Waals surface area contributed by atoms with Gasteiger partial charge in [-0.15, -0.1) is 0 Å². The van der Waals surface area contributed by atoms with Crippen molar-refractivity contribution in [1.29, 1.82) is 0 Å². The smallest absolute Gasteiger partial charge is 0.253 e. The van der Waals surface area contributed by atoms with Crippen molar-refractivity contribution in [2.75, 3.05) is 19.6 Å². The second-order valence-corrected chi connectivity index (χ2v) is 24.1. The topological polar surface area (TPSA) is 92.5 Å². The Labute approximate surface area is 468 Å². The number of nitrogens with one attached hydrogen (secondary N) is 1. The third-order valence-corrected chi connectivity index (χ3v) is 16.8. The summed E-state index contributed by atoms with van der Waals surface area (Å²) in [6, 6.07) is 5.12. The van der Waals surface area contributed by atoms with E-state index in [0.29, 0.717) is 35.4 Å². The van der Waals surface area contributed by atoms with Crippen LogP contribution in [-0.4, -0.2) is 42.3 Å². The summed E-state index contributed by atoms with van der Waals surface area (Å²) in [5, 5.41) is 3.32. The molecule has 75 heavy (non-hydrogen) atoms. The van der Waals surface area contributed by atoms with E-state index in [0.717, 1.165) is 51.6 Å². The van der Waals surface area contributed by atoms with Crippen molar-refractivity contribution in [3.63, 3.8) is 0 Å². The van der Waals surface area contributed by atoms with E-state index in [1.54, 1.807) is 18.2 Å². The number of primary amides is 1. The standard InChI is InChI=1S/C69H129N3O3/c1-7-13-19-25-31-34-40-44-50-61(49-43-37-28-22-16-10-4)58-71-68(74)65-55-64(67(70)73)56-66(57-65)69(75)72(59-62(51-45-38-29-23-17-11-5)53-47-41-35-32-26-20-14-8-2)60-63(52-46-39-30-24-18-12-6)54-48-42-36-33-27-21-15-9-3/h55-57,61-63H,7-54,58-60H2,1-6H3,(H2,70,73)(H,71,74). The van der Waals surface area contributed by atoms with Gasteiger partial charge in [0.1, 0.15) is 0 Å². The third-order valence-electron chi connectivity index (χ3n) is 16.8. The minimum atomic E-state index is -0.591. The largest absolute Gasteiger partial charge is 0.366 e. The highest BCUT2D eigenvalue weighted by molar-refractivity contribution is 6.04. The van der Waals surface area contributed by atoms with Crippen LogP contribution in [0.1, 0.15) is 381 Å². The molecule has 0 aliphatic carbocycles. The van der Waals surface area contributed by atoms with Crippen LogP contribution in [-0.2, 0) is 0 Å². The number of amides is 3. The van der Waals surface area contributed by atoms with E-state index in [4.69, 9.17) is 5.73 Å². The lowest BCUT2D eigenvalue weighted by Crippen LogP contribution is -2.39. The summed E-state index contributed by atoms with van der Waals surface area (Å²) in [4.78, 5) is 45.0. The molecule has 0 saturated heterocycles. The summed E-state index contributed by atoms with van der Waals surface area (Å²) in [7, 11) is 0. The van der Waals surface area contributed by atoms with Gasteiger partial charge in [0.05, 0.1) is 0 Å². The molecular formula is C69H129N3O3. The molecule has 0 heterocycles. The fourth-order valence-electron chi connectivity index (χ4n) is 11.8. The minimum Gasteiger partial charge on any atom is -0.366 e.